The van der Waals surface area contributed by atoms with Gasteiger partial charge >= 0.3 is 0 Å². The van der Waals surface area contributed by atoms with E-state index in [0.29, 0.717) is 10.7 Å². The Hall–Kier alpha value is -2.03. The van der Waals surface area contributed by atoms with Crippen molar-refractivity contribution in [2.75, 3.05) is 0 Å². The van der Waals surface area contributed by atoms with E-state index in [1.54, 1.807) is 11.5 Å². The molecule has 1 aromatic heterocycles. The summed E-state index contributed by atoms with van der Waals surface area (Å²) in [5.74, 6) is -0.254. The van der Waals surface area contributed by atoms with Gasteiger partial charge in [0.1, 0.15) is 10.7 Å². The SMILES string of the molecule is CC(C)NC(=O)c1csc(CN(C(C)C)S(=O)(=O)/C=C/c2ccccc2)n1. The zero-order chi connectivity index (χ0) is 20.0. The summed E-state index contributed by atoms with van der Waals surface area (Å²) in [6.07, 6.45) is 1.58. The van der Waals surface area contributed by atoms with E-state index in [1.807, 2.05) is 58.0 Å². The highest BCUT2D eigenvalue weighted by atomic mass is 32.2. The lowest BCUT2D eigenvalue weighted by molar-refractivity contribution is 0.0938. The van der Waals surface area contributed by atoms with Crippen LogP contribution in [0.15, 0.2) is 41.1 Å². The summed E-state index contributed by atoms with van der Waals surface area (Å²) < 4.78 is 26.9. The first-order valence-electron chi connectivity index (χ1n) is 8.69. The van der Waals surface area contributed by atoms with E-state index in [4.69, 9.17) is 0 Å². The molecule has 0 aliphatic rings. The second kappa shape index (κ2) is 9.25. The number of amides is 1. The third kappa shape index (κ3) is 6.27. The molecular formula is C19H25N3O3S2. The number of nitrogens with one attached hydrogen (secondary N) is 1. The number of benzene rings is 1. The van der Waals surface area contributed by atoms with E-state index in [9.17, 15) is 13.2 Å². The lowest BCUT2D eigenvalue weighted by atomic mass is 10.2. The molecule has 0 atom stereocenters. The smallest absolute Gasteiger partial charge is 0.270 e. The number of nitrogens with zero attached hydrogens (tertiary/aromatic N) is 2. The van der Waals surface area contributed by atoms with Crippen LogP contribution in [0.1, 0.15) is 48.8 Å². The maximum atomic E-state index is 12.8. The number of carbonyl (C=O) groups excluding carboxylic acids is 1. The van der Waals surface area contributed by atoms with Gasteiger partial charge in [-0.2, -0.15) is 4.31 Å². The fraction of sp³-hybridized carbons (Fsp3) is 0.368. The molecular weight excluding hydrogens is 382 g/mol. The predicted molar refractivity (Wildman–Crippen MR) is 110 cm³/mol. The molecule has 0 unspecified atom stereocenters. The van der Waals surface area contributed by atoms with Crippen LogP contribution in [0.4, 0.5) is 0 Å². The number of sulfonamides is 1. The minimum Gasteiger partial charge on any atom is -0.349 e. The van der Waals surface area contributed by atoms with Gasteiger partial charge in [0.05, 0.1) is 6.54 Å². The van der Waals surface area contributed by atoms with Crippen LogP contribution < -0.4 is 5.32 Å². The third-order valence-electron chi connectivity index (χ3n) is 3.63. The first kappa shape index (κ1) is 21.3. The molecule has 0 saturated heterocycles. The Morgan fingerprint density at radius 1 is 1.22 bits per heavy atom. The Kier molecular flexibility index (Phi) is 7.29. The van der Waals surface area contributed by atoms with Crippen LogP contribution >= 0.6 is 11.3 Å². The number of thiazole rings is 1. The highest BCUT2D eigenvalue weighted by Gasteiger charge is 2.24. The molecule has 1 amide bonds. The number of carbonyl (C=O) groups is 1. The minimum atomic E-state index is -3.63. The van der Waals surface area contributed by atoms with Crippen LogP contribution in [0.25, 0.3) is 6.08 Å². The number of hydrogen-bond acceptors (Lipinski definition) is 5. The maximum absolute atomic E-state index is 12.8. The summed E-state index contributed by atoms with van der Waals surface area (Å²) >= 11 is 1.28. The van der Waals surface area contributed by atoms with Gasteiger partial charge in [0.2, 0.25) is 10.0 Å². The number of hydrogen-bond donors (Lipinski definition) is 1. The van der Waals surface area contributed by atoms with E-state index in [0.717, 1.165) is 5.56 Å². The van der Waals surface area contributed by atoms with E-state index >= 15 is 0 Å². The monoisotopic (exact) mass is 407 g/mol. The Morgan fingerprint density at radius 3 is 2.48 bits per heavy atom. The van der Waals surface area contributed by atoms with Gasteiger partial charge in [-0.15, -0.1) is 11.3 Å². The number of rotatable bonds is 8. The lowest BCUT2D eigenvalue weighted by Crippen LogP contribution is -2.35. The quantitative estimate of drug-likeness (QED) is 0.726. The van der Waals surface area contributed by atoms with Gasteiger partial charge in [0.15, 0.2) is 0 Å². The van der Waals surface area contributed by atoms with Gasteiger partial charge in [-0.1, -0.05) is 30.3 Å². The molecule has 0 fully saturated rings. The van der Waals surface area contributed by atoms with Crippen molar-refractivity contribution in [3.05, 3.63) is 57.4 Å². The van der Waals surface area contributed by atoms with Crippen LogP contribution in [0.3, 0.4) is 0 Å². The molecule has 2 aromatic rings. The molecule has 0 aliphatic heterocycles. The lowest BCUT2D eigenvalue weighted by Gasteiger charge is -2.23. The summed E-state index contributed by atoms with van der Waals surface area (Å²) in [5, 5.41) is 6.22. The second-order valence-electron chi connectivity index (χ2n) is 6.65. The molecule has 6 nitrogen and oxygen atoms in total. The molecule has 0 aliphatic carbocycles. The molecule has 0 bridgehead atoms. The average molecular weight is 408 g/mol. The first-order chi connectivity index (χ1) is 12.7. The second-order valence-corrected chi connectivity index (χ2v) is 9.37. The Balaban J connectivity index is 2.17. The van der Waals surface area contributed by atoms with Crippen molar-refractivity contribution in [2.24, 2.45) is 0 Å². The zero-order valence-corrected chi connectivity index (χ0v) is 17.5. The van der Waals surface area contributed by atoms with Crippen molar-refractivity contribution in [2.45, 2.75) is 46.3 Å². The van der Waals surface area contributed by atoms with Crippen LogP contribution in [0, 0.1) is 0 Å². The first-order valence-corrected chi connectivity index (χ1v) is 11.1. The maximum Gasteiger partial charge on any atom is 0.270 e. The molecule has 1 N–H and O–H groups in total. The van der Waals surface area contributed by atoms with Crippen molar-refractivity contribution < 1.29 is 13.2 Å². The standard InChI is InChI=1S/C19H25N3O3S2/c1-14(2)20-19(23)17-13-26-18(21-17)12-22(15(3)4)27(24,25)11-10-16-8-6-5-7-9-16/h5-11,13-15H,12H2,1-4H3,(H,20,23)/b11-10+. The van der Waals surface area contributed by atoms with Gasteiger partial charge in [-0.3, -0.25) is 4.79 Å². The molecule has 146 valence electrons. The summed E-state index contributed by atoms with van der Waals surface area (Å²) in [7, 11) is -3.63. The largest absolute Gasteiger partial charge is 0.349 e. The molecule has 0 radical (unpaired) electrons. The van der Waals surface area contributed by atoms with E-state index < -0.39 is 10.0 Å². The fourth-order valence-corrected chi connectivity index (χ4v) is 4.56. The van der Waals surface area contributed by atoms with Crippen LogP contribution in [-0.2, 0) is 16.6 Å². The topological polar surface area (TPSA) is 79.4 Å². The molecule has 1 aromatic carbocycles. The van der Waals surface area contributed by atoms with Crippen molar-refractivity contribution in [1.82, 2.24) is 14.6 Å². The molecule has 8 heteroatoms. The summed E-state index contributed by atoms with van der Waals surface area (Å²) in [5.41, 5.74) is 1.12. The highest BCUT2D eigenvalue weighted by Crippen LogP contribution is 2.19. The van der Waals surface area contributed by atoms with Crippen molar-refractivity contribution >= 4 is 33.3 Å². The minimum absolute atomic E-state index is 0.0123. The van der Waals surface area contributed by atoms with Crippen LogP contribution in [-0.4, -0.2) is 35.7 Å². The fourth-order valence-electron chi connectivity index (χ4n) is 2.33. The third-order valence-corrected chi connectivity index (χ3v) is 6.15. The van der Waals surface area contributed by atoms with Gasteiger partial charge in [0.25, 0.3) is 5.91 Å². The van der Waals surface area contributed by atoms with Gasteiger partial charge in [-0.05, 0) is 39.3 Å². The predicted octanol–water partition coefficient (Wildman–Crippen LogP) is 3.49. The van der Waals surface area contributed by atoms with E-state index in [2.05, 4.69) is 10.3 Å². The molecule has 0 spiro atoms. The van der Waals surface area contributed by atoms with E-state index in [-0.39, 0.29) is 24.5 Å². The Morgan fingerprint density at radius 2 is 1.89 bits per heavy atom. The van der Waals surface area contributed by atoms with Gasteiger partial charge < -0.3 is 5.32 Å². The Labute approximate surface area is 165 Å². The Bertz CT molecular complexity index is 888. The van der Waals surface area contributed by atoms with E-state index in [1.165, 1.54) is 21.1 Å². The molecule has 0 saturated carbocycles. The molecule has 2 rings (SSSR count). The summed E-state index contributed by atoms with van der Waals surface area (Å²) in [4.78, 5) is 16.3. The van der Waals surface area contributed by atoms with Crippen LogP contribution in [0.5, 0.6) is 0 Å². The normalized spacial score (nSPS) is 12.4. The summed E-state index contributed by atoms with van der Waals surface area (Å²) in [6.45, 7) is 7.50. The molecule has 1 heterocycles. The molecule has 27 heavy (non-hydrogen) atoms. The van der Waals surface area contributed by atoms with Crippen LogP contribution in [0.2, 0.25) is 0 Å². The highest BCUT2D eigenvalue weighted by molar-refractivity contribution is 7.92. The van der Waals surface area contributed by atoms with Crippen molar-refractivity contribution in [3.8, 4) is 0 Å². The summed E-state index contributed by atoms with van der Waals surface area (Å²) in [6, 6.07) is 9.03. The van der Waals surface area contributed by atoms with Crippen molar-refractivity contribution in [3.63, 3.8) is 0 Å². The van der Waals surface area contributed by atoms with Gasteiger partial charge in [0, 0.05) is 22.9 Å². The number of aromatic nitrogens is 1. The zero-order valence-electron chi connectivity index (χ0n) is 15.9. The van der Waals surface area contributed by atoms with Gasteiger partial charge in [-0.25, -0.2) is 13.4 Å². The van der Waals surface area contributed by atoms with Crippen molar-refractivity contribution in [1.29, 1.82) is 0 Å². The average Bonchev–Trinajstić information content (AvgIpc) is 3.07.